The molecule has 1 saturated carbocycles. The lowest BCUT2D eigenvalue weighted by Crippen LogP contribution is -1.66. The summed E-state index contributed by atoms with van der Waals surface area (Å²) in [5.74, 6) is 0. The third-order valence-corrected chi connectivity index (χ3v) is 2.84. The lowest BCUT2D eigenvalue weighted by Gasteiger charge is -1.85. The standard InChI is InChI=1S/C7H14.C5H5NS/c2*1-2-4-6-7-5-3-1/h1-7H2;1-5H. The highest BCUT2D eigenvalue weighted by Gasteiger charge is 1.95. The molecule has 1 aliphatic heterocycles. The number of nitrogens with zero attached hydrogens (tertiary/aromatic N) is 1. The first-order valence-corrected chi connectivity index (χ1v) is 6.35. The van der Waals surface area contributed by atoms with E-state index in [1.165, 1.54) is 56.9 Å². The van der Waals surface area contributed by atoms with Crippen LogP contribution in [0, 0.1) is 0 Å². The zero-order valence-corrected chi connectivity index (χ0v) is 9.51. The van der Waals surface area contributed by atoms with Gasteiger partial charge in [0.1, 0.15) is 0 Å². The van der Waals surface area contributed by atoms with Crippen molar-refractivity contribution in [2.45, 2.75) is 44.9 Å². The van der Waals surface area contributed by atoms with Crippen LogP contribution in [0.1, 0.15) is 44.9 Å². The predicted molar refractivity (Wildman–Crippen MR) is 66.7 cm³/mol. The van der Waals surface area contributed by atoms with Crippen LogP contribution in [0.5, 0.6) is 0 Å². The number of allylic oxidation sites excluding steroid dienone is 3. The van der Waals surface area contributed by atoms with Crippen molar-refractivity contribution < 1.29 is 0 Å². The van der Waals surface area contributed by atoms with E-state index in [-0.39, 0.29) is 0 Å². The Morgan fingerprint density at radius 1 is 0.714 bits per heavy atom. The van der Waals surface area contributed by atoms with Crippen LogP contribution in [0.15, 0.2) is 28.0 Å². The van der Waals surface area contributed by atoms with Gasteiger partial charge in [-0.05, 0) is 11.5 Å². The van der Waals surface area contributed by atoms with Crippen molar-refractivity contribution in [1.82, 2.24) is 0 Å². The van der Waals surface area contributed by atoms with Crippen molar-refractivity contribution in [3.8, 4) is 0 Å². The summed E-state index contributed by atoms with van der Waals surface area (Å²) in [5, 5.41) is 1.93. The molecular formula is C12H19NS. The van der Waals surface area contributed by atoms with E-state index in [1.54, 1.807) is 6.21 Å². The molecule has 0 aromatic rings. The van der Waals surface area contributed by atoms with Gasteiger partial charge in [-0.3, -0.25) is 0 Å². The van der Waals surface area contributed by atoms with Crippen molar-refractivity contribution in [2.24, 2.45) is 4.40 Å². The van der Waals surface area contributed by atoms with Crippen molar-refractivity contribution in [2.75, 3.05) is 0 Å². The summed E-state index contributed by atoms with van der Waals surface area (Å²) in [5.41, 5.74) is 0. The molecule has 14 heavy (non-hydrogen) atoms. The molecule has 2 heteroatoms. The first kappa shape index (κ1) is 11.6. The van der Waals surface area contributed by atoms with Gasteiger partial charge < -0.3 is 0 Å². The summed E-state index contributed by atoms with van der Waals surface area (Å²) >= 11 is 1.44. The predicted octanol–water partition coefficient (Wildman–Crippen LogP) is 4.52. The Bertz CT molecular complexity index is 173. The molecule has 2 aliphatic rings. The molecule has 0 saturated heterocycles. The molecule has 0 spiro atoms. The Balaban J connectivity index is 0.000000140. The van der Waals surface area contributed by atoms with Crippen LogP contribution >= 0.6 is 11.9 Å². The molecule has 0 atom stereocenters. The molecule has 0 aromatic carbocycles. The van der Waals surface area contributed by atoms with E-state index in [0.717, 1.165) is 0 Å². The maximum absolute atomic E-state index is 3.89. The normalized spacial score (nSPS) is 20.6. The summed E-state index contributed by atoms with van der Waals surface area (Å²) in [4.78, 5) is 0. The summed E-state index contributed by atoms with van der Waals surface area (Å²) in [6.07, 6.45) is 18.1. The zero-order valence-electron chi connectivity index (χ0n) is 8.69. The first-order chi connectivity index (χ1) is 7.00. The molecule has 1 fully saturated rings. The maximum atomic E-state index is 3.89. The molecule has 0 amide bonds. The van der Waals surface area contributed by atoms with Crippen LogP contribution in [0.25, 0.3) is 0 Å². The fraction of sp³-hybridized carbons (Fsp3) is 0.583. The minimum absolute atomic E-state index is 1.44. The smallest absolute Gasteiger partial charge is 0.0355 e. The minimum atomic E-state index is 1.44. The van der Waals surface area contributed by atoms with E-state index < -0.39 is 0 Å². The van der Waals surface area contributed by atoms with E-state index in [0.29, 0.717) is 0 Å². The van der Waals surface area contributed by atoms with Crippen LogP contribution in [0.4, 0.5) is 0 Å². The third-order valence-electron chi connectivity index (χ3n) is 2.32. The average molecular weight is 209 g/mol. The van der Waals surface area contributed by atoms with E-state index >= 15 is 0 Å². The summed E-state index contributed by atoms with van der Waals surface area (Å²) in [6.45, 7) is 0. The van der Waals surface area contributed by atoms with Gasteiger partial charge >= 0.3 is 0 Å². The highest BCUT2D eigenvalue weighted by atomic mass is 32.2. The summed E-state index contributed by atoms with van der Waals surface area (Å²) < 4.78 is 3.89. The second kappa shape index (κ2) is 9.07. The third kappa shape index (κ3) is 6.96. The first-order valence-electron chi connectivity index (χ1n) is 5.51. The van der Waals surface area contributed by atoms with E-state index in [2.05, 4.69) is 4.40 Å². The Morgan fingerprint density at radius 2 is 1.29 bits per heavy atom. The lowest BCUT2D eigenvalue weighted by molar-refractivity contribution is 0.702. The molecule has 1 nitrogen and oxygen atoms in total. The van der Waals surface area contributed by atoms with Gasteiger partial charge in [0, 0.05) is 18.2 Å². The lowest BCUT2D eigenvalue weighted by atomic mass is 10.2. The van der Waals surface area contributed by atoms with Gasteiger partial charge in [-0.15, -0.1) is 0 Å². The maximum Gasteiger partial charge on any atom is 0.0355 e. The second-order valence-electron chi connectivity index (χ2n) is 3.55. The van der Waals surface area contributed by atoms with Crippen LogP contribution in [0.3, 0.4) is 0 Å². The molecule has 0 unspecified atom stereocenters. The molecule has 0 radical (unpaired) electrons. The number of hydrogen-bond acceptors (Lipinski definition) is 2. The minimum Gasteiger partial charge on any atom is -0.220 e. The monoisotopic (exact) mass is 209 g/mol. The Labute approximate surface area is 91.5 Å². The molecule has 2 rings (SSSR count). The largest absolute Gasteiger partial charge is 0.220 e. The van der Waals surface area contributed by atoms with E-state index in [9.17, 15) is 0 Å². The van der Waals surface area contributed by atoms with Crippen molar-refractivity contribution >= 4 is 18.2 Å². The highest BCUT2D eigenvalue weighted by Crippen LogP contribution is 2.15. The van der Waals surface area contributed by atoms with Crippen LogP contribution in [0.2, 0.25) is 0 Å². The quantitative estimate of drug-likeness (QED) is 0.422. The molecule has 0 aromatic heterocycles. The molecule has 78 valence electrons. The van der Waals surface area contributed by atoms with Gasteiger partial charge in [0.25, 0.3) is 0 Å². The summed E-state index contributed by atoms with van der Waals surface area (Å²) in [6, 6.07) is 0. The van der Waals surface area contributed by atoms with Gasteiger partial charge in [-0.25, -0.2) is 4.40 Å². The van der Waals surface area contributed by atoms with E-state index in [1.807, 2.05) is 23.6 Å². The Hall–Kier alpha value is -0.500. The van der Waals surface area contributed by atoms with Crippen molar-refractivity contribution in [3.05, 3.63) is 23.6 Å². The van der Waals surface area contributed by atoms with Gasteiger partial charge in [0.15, 0.2) is 0 Å². The summed E-state index contributed by atoms with van der Waals surface area (Å²) in [7, 11) is 0. The van der Waals surface area contributed by atoms with Crippen LogP contribution < -0.4 is 0 Å². The average Bonchev–Trinajstić information content (AvgIpc) is 2.68. The van der Waals surface area contributed by atoms with Gasteiger partial charge in [0.2, 0.25) is 0 Å². The zero-order chi connectivity index (χ0) is 9.90. The van der Waals surface area contributed by atoms with Gasteiger partial charge in [-0.1, -0.05) is 57.1 Å². The van der Waals surface area contributed by atoms with Crippen LogP contribution in [-0.4, -0.2) is 6.21 Å². The van der Waals surface area contributed by atoms with Crippen molar-refractivity contribution in [1.29, 1.82) is 0 Å². The van der Waals surface area contributed by atoms with Gasteiger partial charge in [0.05, 0.1) is 0 Å². The number of hydrogen-bond donors (Lipinski definition) is 0. The molecular weight excluding hydrogens is 190 g/mol. The number of rotatable bonds is 0. The SMILES string of the molecule is C1=CC=NSC=C1.C1CCCCCC1. The fourth-order valence-corrected chi connectivity index (χ4v) is 1.91. The molecule has 1 aliphatic carbocycles. The van der Waals surface area contributed by atoms with E-state index in [4.69, 9.17) is 0 Å². The molecule has 0 N–H and O–H groups in total. The Morgan fingerprint density at radius 3 is 1.86 bits per heavy atom. The molecule has 0 bridgehead atoms. The fourth-order valence-electron chi connectivity index (χ4n) is 1.54. The van der Waals surface area contributed by atoms with Crippen molar-refractivity contribution in [3.63, 3.8) is 0 Å². The Kier molecular flexibility index (Phi) is 7.50. The highest BCUT2D eigenvalue weighted by molar-refractivity contribution is 8.01. The topological polar surface area (TPSA) is 12.4 Å². The van der Waals surface area contributed by atoms with Gasteiger partial charge in [-0.2, -0.15) is 0 Å². The molecule has 1 heterocycles. The van der Waals surface area contributed by atoms with Crippen LogP contribution in [-0.2, 0) is 0 Å². The second-order valence-corrected chi connectivity index (χ2v) is 4.24.